The minimum absolute atomic E-state index is 0.0543. The lowest BCUT2D eigenvalue weighted by molar-refractivity contribution is -0.132. The molecule has 1 N–H and O–H groups in total. The second-order valence-corrected chi connectivity index (χ2v) is 6.92. The average Bonchev–Trinajstić information content (AvgIpc) is 2.52. The molecule has 2 aromatic rings. The zero-order chi connectivity index (χ0) is 17.0. The van der Waals surface area contributed by atoms with Crippen LogP contribution in [0.15, 0.2) is 66.2 Å². The topological polar surface area (TPSA) is 37.3 Å². The summed E-state index contributed by atoms with van der Waals surface area (Å²) in [5.74, 6) is -0.932. The van der Waals surface area contributed by atoms with Crippen LogP contribution < -0.4 is 0 Å². The minimum atomic E-state index is -0.878. The highest BCUT2D eigenvalue weighted by Crippen LogP contribution is 2.30. The molecule has 0 fully saturated rings. The van der Waals surface area contributed by atoms with Crippen LogP contribution in [0.2, 0.25) is 0 Å². The summed E-state index contributed by atoms with van der Waals surface area (Å²) >= 11 is 0. The van der Waals surface area contributed by atoms with Gasteiger partial charge in [-0.05, 0) is 29.0 Å². The normalized spacial score (nSPS) is 13.7. The van der Waals surface area contributed by atoms with Crippen LogP contribution in [-0.2, 0) is 10.2 Å². The molecule has 0 aliphatic rings. The van der Waals surface area contributed by atoms with Gasteiger partial charge in [0.15, 0.2) is 0 Å². The fourth-order valence-electron chi connectivity index (χ4n) is 2.56. The van der Waals surface area contributed by atoms with Gasteiger partial charge in [0.2, 0.25) is 0 Å². The number of allylic oxidation sites excluding steroid dienone is 1. The summed E-state index contributed by atoms with van der Waals surface area (Å²) in [6.45, 7) is 8.20. The Morgan fingerprint density at radius 1 is 0.957 bits per heavy atom. The molecule has 23 heavy (non-hydrogen) atoms. The molecule has 0 radical (unpaired) electrons. The van der Waals surface area contributed by atoms with Gasteiger partial charge in [0.25, 0.3) is 0 Å². The first-order valence-corrected chi connectivity index (χ1v) is 7.86. The monoisotopic (exact) mass is 308 g/mol. The van der Waals surface area contributed by atoms with Gasteiger partial charge in [-0.2, -0.15) is 0 Å². The van der Waals surface area contributed by atoms with Crippen molar-refractivity contribution in [2.45, 2.75) is 39.0 Å². The van der Waals surface area contributed by atoms with Crippen LogP contribution in [0.25, 0.3) is 0 Å². The number of carboxylic acids is 1. The Balaban J connectivity index is 2.46. The third-order valence-electron chi connectivity index (χ3n) is 4.05. The van der Waals surface area contributed by atoms with Gasteiger partial charge in [-0.1, -0.05) is 81.4 Å². The second-order valence-electron chi connectivity index (χ2n) is 6.92. The lowest BCUT2D eigenvalue weighted by Crippen LogP contribution is -2.11. The van der Waals surface area contributed by atoms with Gasteiger partial charge >= 0.3 is 5.97 Å². The summed E-state index contributed by atoms with van der Waals surface area (Å²) in [6.07, 6.45) is 1.82. The minimum Gasteiger partial charge on any atom is -0.478 e. The molecule has 2 nitrogen and oxygen atoms in total. The summed E-state index contributed by atoms with van der Waals surface area (Å²) in [5.41, 5.74) is 3.93. The lowest BCUT2D eigenvalue weighted by atomic mass is 9.84. The average molecular weight is 308 g/mol. The molecule has 2 heteroatoms. The van der Waals surface area contributed by atoms with Crippen molar-refractivity contribution < 1.29 is 9.90 Å². The van der Waals surface area contributed by atoms with Gasteiger partial charge in [0, 0.05) is 11.5 Å². The van der Waals surface area contributed by atoms with E-state index in [1.165, 1.54) is 5.56 Å². The van der Waals surface area contributed by atoms with Crippen molar-refractivity contribution in [2.75, 3.05) is 0 Å². The SMILES string of the molecule is CC(=CC(c1ccccc1)c1ccc(C(C)(C)C)cc1)C(=O)O. The fourth-order valence-corrected chi connectivity index (χ4v) is 2.56. The maximum absolute atomic E-state index is 11.2. The Hall–Kier alpha value is -2.35. The van der Waals surface area contributed by atoms with Crippen molar-refractivity contribution in [2.24, 2.45) is 0 Å². The molecule has 2 aromatic carbocycles. The van der Waals surface area contributed by atoms with E-state index in [9.17, 15) is 9.90 Å². The molecule has 1 atom stereocenters. The highest BCUT2D eigenvalue weighted by molar-refractivity contribution is 5.86. The lowest BCUT2D eigenvalue weighted by Gasteiger charge is -2.21. The highest BCUT2D eigenvalue weighted by atomic mass is 16.4. The van der Waals surface area contributed by atoms with E-state index in [4.69, 9.17) is 0 Å². The smallest absolute Gasteiger partial charge is 0.330 e. The molecule has 0 spiro atoms. The third-order valence-corrected chi connectivity index (χ3v) is 4.05. The van der Waals surface area contributed by atoms with Crippen molar-refractivity contribution in [3.63, 3.8) is 0 Å². The molecular formula is C21H24O2. The number of hydrogen-bond donors (Lipinski definition) is 1. The van der Waals surface area contributed by atoms with Gasteiger partial charge in [-0.3, -0.25) is 0 Å². The van der Waals surface area contributed by atoms with Gasteiger partial charge in [-0.15, -0.1) is 0 Å². The molecule has 2 rings (SSSR count). The predicted octanol–water partition coefficient (Wildman–Crippen LogP) is 5.15. The fraction of sp³-hybridized carbons (Fsp3) is 0.286. The molecule has 0 saturated carbocycles. The molecule has 0 aromatic heterocycles. The van der Waals surface area contributed by atoms with Crippen molar-refractivity contribution in [1.29, 1.82) is 0 Å². The third kappa shape index (κ3) is 4.32. The molecule has 1 unspecified atom stereocenters. The van der Waals surface area contributed by atoms with Gasteiger partial charge in [0.1, 0.15) is 0 Å². The van der Waals surface area contributed by atoms with Crippen LogP contribution in [-0.4, -0.2) is 11.1 Å². The van der Waals surface area contributed by atoms with Crippen LogP contribution in [0.5, 0.6) is 0 Å². The Labute approximate surface area is 138 Å². The molecule has 0 heterocycles. The molecule has 0 bridgehead atoms. The zero-order valence-corrected chi connectivity index (χ0v) is 14.2. The maximum atomic E-state index is 11.2. The number of benzene rings is 2. The van der Waals surface area contributed by atoms with Gasteiger partial charge < -0.3 is 5.11 Å². The Morgan fingerprint density at radius 2 is 1.48 bits per heavy atom. The maximum Gasteiger partial charge on any atom is 0.330 e. The van der Waals surface area contributed by atoms with Crippen molar-refractivity contribution in [3.05, 3.63) is 82.9 Å². The Morgan fingerprint density at radius 3 is 1.96 bits per heavy atom. The van der Waals surface area contributed by atoms with Crippen molar-refractivity contribution >= 4 is 5.97 Å². The van der Waals surface area contributed by atoms with Crippen molar-refractivity contribution in [3.8, 4) is 0 Å². The molecule has 120 valence electrons. The van der Waals surface area contributed by atoms with E-state index in [1.54, 1.807) is 6.92 Å². The van der Waals surface area contributed by atoms with E-state index in [0.717, 1.165) is 11.1 Å². The van der Waals surface area contributed by atoms with E-state index in [-0.39, 0.29) is 11.3 Å². The van der Waals surface area contributed by atoms with Crippen LogP contribution >= 0.6 is 0 Å². The largest absolute Gasteiger partial charge is 0.478 e. The summed E-state index contributed by atoms with van der Waals surface area (Å²) in [7, 11) is 0. The van der Waals surface area contributed by atoms with Crippen LogP contribution in [0.3, 0.4) is 0 Å². The number of aliphatic carboxylic acids is 1. The molecular weight excluding hydrogens is 284 g/mol. The van der Waals surface area contributed by atoms with E-state index in [2.05, 4.69) is 45.0 Å². The number of hydrogen-bond acceptors (Lipinski definition) is 1. The van der Waals surface area contributed by atoms with Crippen LogP contribution in [0.4, 0.5) is 0 Å². The van der Waals surface area contributed by atoms with Crippen LogP contribution in [0, 0.1) is 0 Å². The molecule has 0 aliphatic carbocycles. The first-order chi connectivity index (χ1) is 10.8. The Bertz CT molecular complexity index is 689. The van der Waals surface area contributed by atoms with E-state index in [0.29, 0.717) is 5.57 Å². The first kappa shape index (κ1) is 17.0. The Kier molecular flexibility index (Phi) is 5.05. The summed E-state index contributed by atoms with van der Waals surface area (Å²) < 4.78 is 0. The highest BCUT2D eigenvalue weighted by Gasteiger charge is 2.17. The predicted molar refractivity (Wildman–Crippen MR) is 94.8 cm³/mol. The summed E-state index contributed by atoms with van der Waals surface area (Å²) in [6, 6.07) is 18.5. The number of carboxylic acid groups (broad SMARTS) is 1. The van der Waals surface area contributed by atoms with Crippen molar-refractivity contribution in [1.82, 2.24) is 0 Å². The number of carbonyl (C=O) groups is 1. The van der Waals surface area contributed by atoms with Crippen LogP contribution in [0.1, 0.15) is 50.3 Å². The second kappa shape index (κ2) is 6.82. The quantitative estimate of drug-likeness (QED) is 0.793. The van der Waals surface area contributed by atoms with Gasteiger partial charge in [0.05, 0.1) is 0 Å². The molecule has 0 amide bonds. The van der Waals surface area contributed by atoms with E-state index >= 15 is 0 Å². The molecule has 0 aliphatic heterocycles. The standard InChI is InChI=1S/C21H24O2/c1-15(20(22)23)14-19(16-8-6-5-7-9-16)17-10-12-18(13-11-17)21(2,3)4/h5-14,19H,1-4H3,(H,22,23). The summed E-state index contributed by atoms with van der Waals surface area (Å²) in [4.78, 5) is 11.2. The van der Waals surface area contributed by atoms with E-state index < -0.39 is 5.97 Å². The molecule has 0 saturated heterocycles. The first-order valence-electron chi connectivity index (χ1n) is 7.86. The van der Waals surface area contributed by atoms with E-state index in [1.807, 2.05) is 36.4 Å². The zero-order valence-electron chi connectivity index (χ0n) is 14.2. The van der Waals surface area contributed by atoms with Gasteiger partial charge in [-0.25, -0.2) is 4.79 Å². The summed E-state index contributed by atoms with van der Waals surface area (Å²) in [5, 5.41) is 9.21. The number of rotatable bonds is 4.